The summed E-state index contributed by atoms with van der Waals surface area (Å²) in [6.07, 6.45) is 0.344. The van der Waals surface area contributed by atoms with Gasteiger partial charge in [0.05, 0.1) is 11.9 Å². The van der Waals surface area contributed by atoms with Crippen molar-refractivity contribution in [1.29, 1.82) is 0 Å². The number of aromatic nitrogens is 1. The summed E-state index contributed by atoms with van der Waals surface area (Å²) in [6, 6.07) is 13.8. The van der Waals surface area contributed by atoms with Crippen LogP contribution in [0.25, 0.3) is 10.9 Å². The fourth-order valence-electron chi connectivity index (χ4n) is 3.52. The van der Waals surface area contributed by atoms with E-state index in [1.165, 1.54) is 0 Å². The molecule has 1 aliphatic heterocycles. The maximum absolute atomic E-state index is 12.8. The zero-order valence-corrected chi connectivity index (χ0v) is 15.8. The van der Waals surface area contributed by atoms with Crippen molar-refractivity contribution in [3.05, 3.63) is 64.8 Å². The monoisotopic (exact) mass is 362 g/mol. The lowest BCUT2D eigenvalue weighted by Crippen LogP contribution is -2.28. The van der Waals surface area contributed by atoms with Crippen LogP contribution in [0.2, 0.25) is 0 Å². The standard InChI is InChI=1S/C22H22N2O3/c1-14-17-6-4-5-7-19(17)23-15(2)18(14)11-22(25)24(3)12-16-8-9-20-21(10-16)27-13-26-20/h4-10H,11-13H2,1-3H3. The van der Waals surface area contributed by atoms with E-state index in [0.717, 1.165) is 44.8 Å². The van der Waals surface area contributed by atoms with Crippen LogP contribution in [0.5, 0.6) is 11.5 Å². The lowest BCUT2D eigenvalue weighted by Gasteiger charge is -2.19. The molecule has 2 heterocycles. The number of pyridine rings is 1. The van der Waals surface area contributed by atoms with Crippen LogP contribution >= 0.6 is 0 Å². The zero-order valence-electron chi connectivity index (χ0n) is 15.8. The van der Waals surface area contributed by atoms with Crippen molar-refractivity contribution in [2.24, 2.45) is 0 Å². The molecule has 138 valence electrons. The third-order valence-electron chi connectivity index (χ3n) is 5.10. The van der Waals surface area contributed by atoms with Crippen molar-refractivity contribution in [2.45, 2.75) is 26.8 Å². The number of hydrogen-bond acceptors (Lipinski definition) is 4. The van der Waals surface area contributed by atoms with Crippen molar-refractivity contribution in [2.75, 3.05) is 13.8 Å². The molecule has 2 aromatic carbocycles. The molecule has 27 heavy (non-hydrogen) atoms. The largest absolute Gasteiger partial charge is 0.454 e. The van der Waals surface area contributed by atoms with Crippen LogP contribution in [-0.4, -0.2) is 29.6 Å². The Morgan fingerprint density at radius 1 is 1.11 bits per heavy atom. The molecule has 0 unspecified atom stereocenters. The molecular weight excluding hydrogens is 340 g/mol. The Morgan fingerprint density at radius 3 is 2.74 bits per heavy atom. The van der Waals surface area contributed by atoms with Crippen molar-refractivity contribution in [3.63, 3.8) is 0 Å². The van der Waals surface area contributed by atoms with E-state index in [9.17, 15) is 4.79 Å². The highest BCUT2D eigenvalue weighted by molar-refractivity contribution is 5.86. The van der Waals surface area contributed by atoms with E-state index in [-0.39, 0.29) is 12.7 Å². The van der Waals surface area contributed by atoms with Gasteiger partial charge in [-0.15, -0.1) is 0 Å². The first-order chi connectivity index (χ1) is 13.0. The van der Waals surface area contributed by atoms with Crippen LogP contribution in [0, 0.1) is 13.8 Å². The summed E-state index contributed by atoms with van der Waals surface area (Å²) in [4.78, 5) is 19.2. The summed E-state index contributed by atoms with van der Waals surface area (Å²) in [5.74, 6) is 1.55. The summed E-state index contributed by atoms with van der Waals surface area (Å²) in [5.41, 5.74) is 5.03. The van der Waals surface area contributed by atoms with Crippen molar-refractivity contribution >= 4 is 16.8 Å². The van der Waals surface area contributed by atoms with Gasteiger partial charge in [-0.1, -0.05) is 24.3 Å². The van der Waals surface area contributed by atoms with Crippen LogP contribution in [0.4, 0.5) is 0 Å². The first-order valence-electron chi connectivity index (χ1n) is 9.00. The normalized spacial score (nSPS) is 12.4. The van der Waals surface area contributed by atoms with Crippen LogP contribution in [0.1, 0.15) is 22.4 Å². The summed E-state index contributed by atoms with van der Waals surface area (Å²) in [6.45, 7) is 4.81. The Labute approximate surface area is 158 Å². The van der Waals surface area contributed by atoms with Gasteiger partial charge >= 0.3 is 0 Å². The second-order valence-electron chi connectivity index (χ2n) is 6.93. The molecule has 0 fully saturated rings. The van der Waals surface area contributed by atoms with Gasteiger partial charge in [-0.25, -0.2) is 0 Å². The minimum Gasteiger partial charge on any atom is -0.454 e. The van der Waals surface area contributed by atoms with Crippen molar-refractivity contribution in [3.8, 4) is 11.5 Å². The quantitative estimate of drug-likeness (QED) is 0.709. The molecule has 4 rings (SSSR count). The van der Waals surface area contributed by atoms with Crippen molar-refractivity contribution in [1.82, 2.24) is 9.88 Å². The number of carbonyl (C=O) groups excluding carboxylic acids is 1. The molecule has 0 atom stereocenters. The Morgan fingerprint density at radius 2 is 1.89 bits per heavy atom. The first kappa shape index (κ1) is 17.3. The molecule has 0 bridgehead atoms. The number of rotatable bonds is 4. The molecule has 5 heteroatoms. The predicted molar refractivity (Wildman–Crippen MR) is 104 cm³/mol. The average Bonchev–Trinajstić information content (AvgIpc) is 3.12. The van der Waals surface area contributed by atoms with E-state index >= 15 is 0 Å². The fourth-order valence-corrected chi connectivity index (χ4v) is 3.52. The van der Waals surface area contributed by atoms with Gasteiger partial charge in [0.2, 0.25) is 12.7 Å². The number of ether oxygens (including phenoxy) is 2. The Kier molecular flexibility index (Phi) is 4.44. The molecule has 1 aliphatic rings. The van der Waals surface area contributed by atoms with Crippen LogP contribution in [0.15, 0.2) is 42.5 Å². The number of likely N-dealkylation sites (N-methyl/N-ethyl adjacent to an activating group) is 1. The number of para-hydroxylation sites is 1. The van der Waals surface area contributed by atoms with Gasteiger partial charge in [-0.05, 0) is 48.7 Å². The van der Waals surface area contributed by atoms with E-state index in [2.05, 4.69) is 18.0 Å². The van der Waals surface area contributed by atoms with E-state index in [1.807, 2.05) is 50.4 Å². The van der Waals surface area contributed by atoms with Crippen LogP contribution in [-0.2, 0) is 17.8 Å². The highest BCUT2D eigenvalue weighted by Crippen LogP contribution is 2.32. The van der Waals surface area contributed by atoms with Gasteiger partial charge in [0.1, 0.15) is 0 Å². The molecule has 1 amide bonds. The van der Waals surface area contributed by atoms with E-state index in [0.29, 0.717) is 13.0 Å². The number of fused-ring (bicyclic) bond motifs is 2. The Bertz CT molecular complexity index is 1030. The summed E-state index contributed by atoms with van der Waals surface area (Å²) < 4.78 is 10.8. The Hall–Kier alpha value is -3.08. The highest BCUT2D eigenvalue weighted by atomic mass is 16.7. The number of benzene rings is 2. The van der Waals surface area contributed by atoms with Gasteiger partial charge in [-0.2, -0.15) is 0 Å². The molecule has 0 aliphatic carbocycles. The highest BCUT2D eigenvalue weighted by Gasteiger charge is 2.18. The number of aryl methyl sites for hydroxylation is 2. The molecule has 0 radical (unpaired) electrons. The molecule has 1 aromatic heterocycles. The summed E-state index contributed by atoms with van der Waals surface area (Å²) in [5, 5.41) is 1.10. The first-order valence-corrected chi connectivity index (χ1v) is 9.00. The molecule has 5 nitrogen and oxygen atoms in total. The molecule has 0 saturated heterocycles. The third kappa shape index (κ3) is 3.33. The minimum atomic E-state index is 0.0657. The number of nitrogens with zero attached hydrogens (tertiary/aromatic N) is 2. The SMILES string of the molecule is Cc1nc2ccccc2c(C)c1CC(=O)N(C)Cc1ccc2c(c1)OCO2. The smallest absolute Gasteiger partial charge is 0.231 e. The van der Waals surface area contributed by atoms with Gasteiger partial charge in [0.25, 0.3) is 0 Å². The second kappa shape index (κ2) is 6.91. The topological polar surface area (TPSA) is 51.7 Å². The molecule has 0 spiro atoms. The molecular formula is C22H22N2O3. The predicted octanol–water partition coefficient (Wildman–Crippen LogP) is 3.78. The van der Waals surface area contributed by atoms with E-state index in [1.54, 1.807) is 4.90 Å². The van der Waals surface area contributed by atoms with Gasteiger partial charge < -0.3 is 14.4 Å². The molecule has 0 saturated carbocycles. The van der Waals surface area contributed by atoms with Gasteiger partial charge in [0, 0.05) is 24.7 Å². The number of hydrogen-bond donors (Lipinski definition) is 0. The van der Waals surface area contributed by atoms with Crippen molar-refractivity contribution < 1.29 is 14.3 Å². The zero-order chi connectivity index (χ0) is 19.0. The lowest BCUT2D eigenvalue weighted by molar-refractivity contribution is -0.129. The van der Waals surface area contributed by atoms with Gasteiger partial charge in [0.15, 0.2) is 11.5 Å². The second-order valence-corrected chi connectivity index (χ2v) is 6.93. The third-order valence-corrected chi connectivity index (χ3v) is 5.10. The number of carbonyl (C=O) groups is 1. The van der Waals surface area contributed by atoms with E-state index < -0.39 is 0 Å². The van der Waals surface area contributed by atoms with Crippen LogP contribution in [0.3, 0.4) is 0 Å². The maximum Gasteiger partial charge on any atom is 0.231 e. The minimum absolute atomic E-state index is 0.0657. The summed E-state index contributed by atoms with van der Waals surface area (Å²) in [7, 11) is 1.83. The van der Waals surface area contributed by atoms with Crippen LogP contribution < -0.4 is 9.47 Å². The maximum atomic E-state index is 12.8. The molecule has 0 N–H and O–H groups in total. The summed E-state index contributed by atoms with van der Waals surface area (Å²) >= 11 is 0. The fraction of sp³-hybridized carbons (Fsp3) is 0.273. The number of amides is 1. The van der Waals surface area contributed by atoms with Gasteiger partial charge in [-0.3, -0.25) is 9.78 Å². The van der Waals surface area contributed by atoms with E-state index in [4.69, 9.17) is 9.47 Å². The average molecular weight is 362 g/mol. The lowest BCUT2D eigenvalue weighted by atomic mass is 9.99. The Balaban J connectivity index is 1.52. The molecule has 3 aromatic rings.